The van der Waals surface area contributed by atoms with Crippen molar-refractivity contribution >= 4 is 22.9 Å². The van der Waals surface area contributed by atoms with Crippen molar-refractivity contribution in [2.45, 2.75) is 43.8 Å². The lowest BCUT2D eigenvalue weighted by Crippen LogP contribution is -2.59. The monoisotopic (exact) mass is 270 g/mol. The minimum Gasteiger partial charge on any atom is -0.457 e. The van der Waals surface area contributed by atoms with E-state index in [-0.39, 0.29) is 23.2 Å². The summed E-state index contributed by atoms with van der Waals surface area (Å²) in [7, 11) is 0. The van der Waals surface area contributed by atoms with Crippen molar-refractivity contribution in [3.05, 3.63) is 0 Å². The summed E-state index contributed by atoms with van der Waals surface area (Å²) in [5.41, 5.74) is 0. The molecule has 2 bridgehead atoms. The van der Waals surface area contributed by atoms with E-state index in [0.29, 0.717) is 12.3 Å². The van der Waals surface area contributed by atoms with Gasteiger partial charge in [0.15, 0.2) is 11.3 Å². The predicted molar refractivity (Wildman–Crippen MR) is 69.4 cm³/mol. The van der Waals surface area contributed by atoms with Crippen LogP contribution in [0.25, 0.3) is 0 Å². The maximum absolute atomic E-state index is 11.7. The molecule has 4 rings (SSSR count). The average molecular weight is 270 g/mol. The first kappa shape index (κ1) is 12.3. The van der Waals surface area contributed by atoms with E-state index >= 15 is 0 Å². The van der Waals surface area contributed by atoms with E-state index in [9.17, 15) is 9.90 Å². The molecule has 0 unspecified atom stereocenters. The fourth-order valence-electron chi connectivity index (χ4n) is 2.75. The van der Waals surface area contributed by atoms with Crippen molar-refractivity contribution in [3.8, 4) is 0 Å². The number of hydrogen-bond donors (Lipinski definition) is 2. The van der Waals surface area contributed by atoms with Gasteiger partial charge in [-0.2, -0.15) is 0 Å². The smallest absolute Gasteiger partial charge is 0.310 e. The Kier molecular flexibility index (Phi) is 3.02. The number of aliphatic imine (C=N–C) groups is 1. The maximum atomic E-state index is 11.7. The zero-order valence-corrected chi connectivity index (χ0v) is 11.3. The molecule has 3 fully saturated rings. The SMILES string of the molecule is CC(C)CNC1=N[C@H]2[C@@H]3OC(=O)[C@H](C[C@H]3O)[C@H]2S1. The van der Waals surface area contributed by atoms with Crippen LogP contribution in [0.5, 0.6) is 0 Å². The van der Waals surface area contributed by atoms with Crippen LogP contribution in [0.2, 0.25) is 0 Å². The lowest BCUT2D eigenvalue weighted by molar-refractivity contribution is -0.184. The van der Waals surface area contributed by atoms with Crippen molar-refractivity contribution < 1.29 is 14.6 Å². The summed E-state index contributed by atoms with van der Waals surface area (Å²) >= 11 is 1.63. The number of nitrogens with one attached hydrogen (secondary N) is 1. The van der Waals surface area contributed by atoms with Crippen molar-refractivity contribution in [1.29, 1.82) is 0 Å². The minimum atomic E-state index is -0.553. The molecule has 1 saturated carbocycles. The van der Waals surface area contributed by atoms with Gasteiger partial charge in [-0.25, -0.2) is 0 Å². The molecule has 1 aliphatic carbocycles. The molecular weight excluding hydrogens is 252 g/mol. The summed E-state index contributed by atoms with van der Waals surface area (Å²) in [6, 6.07) is -0.0730. The summed E-state index contributed by atoms with van der Waals surface area (Å²) < 4.78 is 5.25. The van der Waals surface area contributed by atoms with Gasteiger partial charge in [0, 0.05) is 6.54 Å². The average Bonchev–Trinajstić information content (AvgIpc) is 2.73. The summed E-state index contributed by atoms with van der Waals surface area (Å²) in [6.07, 6.45) is -0.480. The Morgan fingerprint density at radius 2 is 2.39 bits per heavy atom. The maximum Gasteiger partial charge on any atom is 0.310 e. The molecule has 2 N–H and O–H groups in total. The van der Waals surface area contributed by atoms with Gasteiger partial charge in [-0.15, -0.1) is 0 Å². The van der Waals surface area contributed by atoms with Crippen LogP contribution in [0.4, 0.5) is 0 Å². The largest absolute Gasteiger partial charge is 0.457 e. The van der Waals surface area contributed by atoms with Crippen molar-refractivity contribution in [2.75, 3.05) is 6.54 Å². The van der Waals surface area contributed by atoms with E-state index in [1.54, 1.807) is 11.8 Å². The summed E-state index contributed by atoms with van der Waals surface area (Å²) in [4.78, 5) is 16.3. The van der Waals surface area contributed by atoms with Crippen molar-refractivity contribution in [2.24, 2.45) is 16.8 Å². The molecule has 100 valence electrons. The van der Waals surface area contributed by atoms with Gasteiger partial charge < -0.3 is 15.2 Å². The highest BCUT2D eigenvalue weighted by Crippen LogP contribution is 2.45. The number of thioether (sulfide) groups is 1. The van der Waals surface area contributed by atoms with Crippen LogP contribution >= 0.6 is 11.8 Å². The van der Waals surface area contributed by atoms with Gasteiger partial charge in [0.2, 0.25) is 0 Å². The van der Waals surface area contributed by atoms with Gasteiger partial charge >= 0.3 is 5.97 Å². The van der Waals surface area contributed by atoms with Crippen LogP contribution < -0.4 is 5.32 Å². The zero-order chi connectivity index (χ0) is 12.9. The molecule has 0 aromatic carbocycles. The third-order valence-electron chi connectivity index (χ3n) is 3.67. The van der Waals surface area contributed by atoms with Gasteiger partial charge in [0.05, 0.1) is 17.3 Å². The number of nitrogens with zero attached hydrogens (tertiary/aromatic N) is 1. The Hall–Kier alpha value is -0.750. The number of ether oxygens (including phenoxy) is 1. The van der Waals surface area contributed by atoms with Crippen LogP contribution in [0.3, 0.4) is 0 Å². The first-order valence-corrected chi connectivity index (χ1v) is 7.31. The third kappa shape index (κ3) is 1.91. The standard InChI is InChI=1S/C12H18N2O3S/c1-5(2)4-13-12-14-8-9-7(15)3-6(10(8)18-12)11(16)17-9/h5-10,15H,3-4H2,1-2H3,(H,13,14)/t6-,7-,8+,9-,10-/m1/s1. The number of aliphatic hydroxyl groups excluding tert-OH is 1. The molecular formula is C12H18N2O3S. The van der Waals surface area contributed by atoms with Crippen LogP contribution in [-0.2, 0) is 9.53 Å². The Bertz CT molecular complexity index is 399. The fraction of sp³-hybridized carbons (Fsp3) is 0.833. The molecule has 0 aromatic heterocycles. The number of rotatable bonds is 2. The number of aliphatic hydroxyl groups is 1. The lowest BCUT2D eigenvalue weighted by atomic mass is 9.78. The second-order valence-electron chi connectivity index (χ2n) is 5.59. The number of fused-ring (bicyclic) bond motifs is 2. The number of hydrogen-bond acceptors (Lipinski definition) is 6. The molecule has 6 heteroatoms. The van der Waals surface area contributed by atoms with E-state index in [2.05, 4.69) is 24.2 Å². The van der Waals surface area contributed by atoms with E-state index in [1.807, 2.05) is 0 Å². The molecule has 3 heterocycles. The quantitative estimate of drug-likeness (QED) is 0.710. The second kappa shape index (κ2) is 4.42. The van der Waals surface area contributed by atoms with Crippen LogP contribution in [0.1, 0.15) is 20.3 Å². The molecule has 0 amide bonds. The Morgan fingerprint density at radius 1 is 1.61 bits per heavy atom. The summed E-state index contributed by atoms with van der Waals surface area (Å²) in [6.45, 7) is 5.15. The topological polar surface area (TPSA) is 70.9 Å². The number of carbonyl (C=O) groups is 1. The first-order chi connectivity index (χ1) is 8.56. The molecule has 0 spiro atoms. The van der Waals surface area contributed by atoms with Crippen LogP contribution in [0, 0.1) is 11.8 Å². The summed E-state index contributed by atoms with van der Waals surface area (Å²) in [5, 5.41) is 14.2. The molecule has 0 radical (unpaired) electrons. The number of carbonyl (C=O) groups excluding carboxylic acids is 1. The Labute approximate surface area is 110 Å². The summed E-state index contributed by atoms with van der Waals surface area (Å²) in [5.74, 6) is 0.178. The van der Waals surface area contributed by atoms with Crippen LogP contribution in [-0.4, -0.2) is 46.3 Å². The van der Waals surface area contributed by atoms with Gasteiger partial charge in [-0.05, 0) is 12.3 Å². The molecule has 5 atom stereocenters. The van der Waals surface area contributed by atoms with E-state index in [0.717, 1.165) is 11.7 Å². The van der Waals surface area contributed by atoms with Gasteiger partial charge in [0.25, 0.3) is 0 Å². The van der Waals surface area contributed by atoms with E-state index in [1.165, 1.54) is 0 Å². The first-order valence-electron chi connectivity index (χ1n) is 6.43. The number of amidine groups is 1. The lowest BCUT2D eigenvalue weighted by Gasteiger charge is -2.44. The van der Waals surface area contributed by atoms with Crippen molar-refractivity contribution in [1.82, 2.24) is 5.32 Å². The molecule has 2 saturated heterocycles. The third-order valence-corrected chi connectivity index (χ3v) is 5.03. The predicted octanol–water partition coefficient (Wildman–Crippen LogP) is 0.378. The highest BCUT2D eigenvalue weighted by Gasteiger charge is 2.57. The molecule has 4 aliphatic rings. The fourth-order valence-corrected chi connectivity index (χ4v) is 4.10. The Morgan fingerprint density at radius 3 is 3.11 bits per heavy atom. The zero-order valence-electron chi connectivity index (χ0n) is 10.5. The van der Waals surface area contributed by atoms with E-state index in [4.69, 9.17) is 4.74 Å². The minimum absolute atomic E-state index is 0.0730. The molecule has 5 nitrogen and oxygen atoms in total. The van der Waals surface area contributed by atoms with Gasteiger partial charge in [-0.3, -0.25) is 9.79 Å². The molecule has 18 heavy (non-hydrogen) atoms. The molecule has 3 aliphatic heterocycles. The Balaban J connectivity index is 1.73. The number of esters is 1. The molecule has 0 aromatic rings. The van der Waals surface area contributed by atoms with Crippen molar-refractivity contribution in [3.63, 3.8) is 0 Å². The van der Waals surface area contributed by atoms with E-state index < -0.39 is 12.2 Å². The highest BCUT2D eigenvalue weighted by molar-refractivity contribution is 8.14. The highest BCUT2D eigenvalue weighted by atomic mass is 32.2. The normalized spacial score (nSPS) is 41.7. The van der Waals surface area contributed by atoms with Gasteiger partial charge in [-0.1, -0.05) is 25.6 Å². The van der Waals surface area contributed by atoms with Gasteiger partial charge in [0.1, 0.15) is 6.04 Å². The second-order valence-corrected chi connectivity index (χ2v) is 6.76. The van der Waals surface area contributed by atoms with Crippen LogP contribution in [0.15, 0.2) is 4.99 Å².